The molecule has 3 aromatic rings. The Bertz CT molecular complexity index is 740. The van der Waals surface area contributed by atoms with E-state index in [1.54, 1.807) is 12.1 Å². The Labute approximate surface area is 122 Å². The lowest BCUT2D eigenvalue weighted by molar-refractivity contribution is 0.628. The first-order valence-electron chi connectivity index (χ1n) is 6.64. The molecule has 1 heterocycles. The van der Waals surface area contributed by atoms with E-state index in [0.29, 0.717) is 5.82 Å². The molecule has 0 atom stereocenters. The van der Waals surface area contributed by atoms with Crippen LogP contribution in [-0.4, -0.2) is 17.0 Å². The fraction of sp³-hybridized carbons (Fsp3) is 0.0588. The average Bonchev–Trinajstić information content (AvgIpc) is 2.56. The molecule has 2 aromatic carbocycles. The first-order chi connectivity index (χ1) is 10.3. The van der Waals surface area contributed by atoms with E-state index in [1.807, 2.05) is 43.4 Å². The van der Waals surface area contributed by atoms with Gasteiger partial charge in [-0.3, -0.25) is 0 Å². The molecule has 1 aromatic heterocycles. The Morgan fingerprint density at radius 3 is 2.24 bits per heavy atom. The second kappa shape index (κ2) is 5.71. The Morgan fingerprint density at radius 2 is 1.57 bits per heavy atom. The van der Waals surface area contributed by atoms with E-state index in [0.717, 1.165) is 22.6 Å². The number of hydrogen-bond donors (Lipinski definition) is 1. The second-order valence-corrected chi connectivity index (χ2v) is 4.58. The Kier molecular flexibility index (Phi) is 3.60. The van der Waals surface area contributed by atoms with Gasteiger partial charge >= 0.3 is 0 Å². The molecule has 0 radical (unpaired) electrons. The van der Waals surface area contributed by atoms with Gasteiger partial charge in [-0.25, -0.2) is 14.4 Å². The van der Waals surface area contributed by atoms with Crippen molar-refractivity contribution in [2.75, 3.05) is 12.4 Å². The molecule has 0 spiro atoms. The first-order valence-corrected chi connectivity index (χ1v) is 6.64. The van der Waals surface area contributed by atoms with Crippen LogP contribution >= 0.6 is 0 Å². The number of benzene rings is 2. The van der Waals surface area contributed by atoms with Gasteiger partial charge in [0.05, 0.1) is 5.69 Å². The van der Waals surface area contributed by atoms with Gasteiger partial charge in [-0.2, -0.15) is 0 Å². The molecule has 0 saturated carbocycles. The highest BCUT2D eigenvalue weighted by atomic mass is 19.1. The van der Waals surface area contributed by atoms with Gasteiger partial charge in [0, 0.05) is 24.2 Å². The summed E-state index contributed by atoms with van der Waals surface area (Å²) in [5.41, 5.74) is 2.62. The molecule has 0 aliphatic rings. The maximum absolute atomic E-state index is 13.0. The van der Waals surface area contributed by atoms with E-state index in [1.165, 1.54) is 12.1 Å². The lowest BCUT2D eigenvalue weighted by atomic mass is 10.1. The van der Waals surface area contributed by atoms with Crippen LogP contribution in [-0.2, 0) is 0 Å². The Morgan fingerprint density at radius 1 is 0.857 bits per heavy atom. The van der Waals surface area contributed by atoms with Crippen molar-refractivity contribution in [1.29, 1.82) is 0 Å². The van der Waals surface area contributed by atoms with E-state index < -0.39 is 0 Å². The molecule has 3 nitrogen and oxygen atoms in total. The van der Waals surface area contributed by atoms with Gasteiger partial charge < -0.3 is 5.32 Å². The third-order valence-electron chi connectivity index (χ3n) is 3.15. The van der Waals surface area contributed by atoms with Gasteiger partial charge in [-0.15, -0.1) is 0 Å². The van der Waals surface area contributed by atoms with Crippen LogP contribution in [0.1, 0.15) is 0 Å². The number of hydrogen-bond acceptors (Lipinski definition) is 3. The molecule has 0 saturated heterocycles. The maximum atomic E-state index is 13.0. The summed E-state index contributed by atoms with van der Waals surface area (Å²) >= 11 is 0. The molecule has 21 heavy (non-hydrogen) atoms. The zero-order valence-corrected chi connectivity index (χ0v) is 11.5. The average molecular weight is 279 g/mol. The zero-order chi connectivity index (χ0) is 14.7. The largest absolute Gasteiger partial charge is 0.373 e. The minimum Gasteiger partial charge on any atom is -0.373 e. The van der Waals surface area contributed by atoms with Crippen LogP contribution in [0.25, 0.3) is 22.6 Å². The third-order valence-corrected chi connectivity index (χ3v) is 3.15. The second-order valence-electron chi connectivity index (χ2n) is 4.58. The minimum atomic E-state index is -0.271. The summed E-state index contributed by atoms with van der Waals surface area (Å²) in [7, 11) is 1.81. The fourth-order valence-corrected chi connectivity index (χ4v) is 2.06. The van der Waals surface area contributed by atoms with Crippen molar-refractivity contribution in [3.8, 4) is 22.6 Å². The highest BCUT2D eigenvalue weighted by molar-refractivity contribution is 5.67. The number of rotatable bonds is 3. The topological polar surface area (TPSA) is 37.8 Å². The minimum absolute atomic E-state index is 0.271. The molecule has 0 aliphatic carbocycles. The van der Waals surface area contributed by atoms with Gasteiger partial charge in [0.2, 0.25) is 0 Å². The van der Waals surface area contributed by atoms with Crippen molar-refractivity contribution in [2.45, 2.75) is 0 Å². The normalized spacial score (nSPS) is 10.4. The summed E-state index contributed by atoms with van der Waals surface area (Å²) in [5, 5.41) is 3.03. The Balaban J connectivity index is 2.11. The van der Waals surface area contributed by atoms with E-state index in [-0.39, 0.29) is 5.82 Å². The van der Waals surface area contributed by atoms with Crippen molar-refractivity contribution in [3.05, 3.63) is 66.5 Å². The summed E-state index contributed by atoms with van der Waals surface area (Å²) in [6, 6.07) is 18.0. The molecule has 3 rings (SSSR count). The summed E-state index contributed by atoms with van der Waals surface area (Å²) in [6.45, 7) is 0. The molecular formula is C17H14FN3. The first kappa shape index (κ1) is 13.2. The van der Waals surface area contributed by atoms with Gasteiger partial charge in [0.15, 0.2) is 5.82 Å². The smallest absolute Gasteiger partial charge is 0.162 e. The number of halogens is 1. The van der Waals surface area contributed by atoms with Crippen molar-refractivity contribution < 1.29 is 4.39 Å². The van der Waals surface area contributed by atoms with Crippen LogP contribution in [0, 0.1) is 5.82 Å². The van der Waals surface area contributed by atoms with Crippen LogP contribution in [0.15, 0.2) is 60.7 Å². The molecule has 1 N–H and O–H groups in total. The van der Waals surface area contributed by atoms with Crippen LogP contribution in [0.4, 0.5) is 10.2 Å². The number of nitrogens with one attached hydrogen (secondary N) is 1. The van der Waals surface area contributed by atoms with Crippen LogP contribution < -0.4 is 5.32 Å². The van der Waals surface area contributed by atoms with Crippen molar-refractivity contribution in [1.82, 2.24) is 9.97 Å². The SMILES string of the molecule is CNc1cc(-c2ccccc2)nc(-c2ccc(F)cc2)n1. The van der Waals surface area contributed by atoms with Crippen LogP contribution in [0.5, 0.6) is 0 Å². The Hall–Kier alpha value is -2.75. The summed E-state index contributed by atoms with van der Waals surface area (Å²) in [5.74, 6) is 1.02. The van der Waals surface area contributed by atoms with E-state index >= 15 is 0 Å². The quantitative estimate of drug-likeness (QED) is 0.787. The van der Waals surface area contributed by atoms with Gasteiger partial charge in [0.1, 0.15) is 11.6 Å². The van der Waals surface area contributed by atoms with Gasteiger partial charge in [0.25, 0.3) is 0 Å². The molecule has 4 heteroatoms. The van der Waals surface area contributed by atoms with Crippen molar-refractivity contribution in [2.24, 2.45) is 0 Å². The predicted octanol–water partition coefficient (Wildman–Crippen LogP) is 3.99. The highest BCUT2D eigenvalue weighted by Crippen LogP contribution is 2.24. The third kappa shape index (κ3) is 2.89. The number of aromatic nitrogens is 2. The summed E-state index contributed by atoms with van der Waals surface area (Å²) in [4.78, 5) is 9.01. The van der Waals surface area contributed by atoms with Crippen LogP contribution in [0.2, 0.25) is 0 Å². The molecule has 0 aliphatic heterocycles. The zero-order valence-electron chi connectivity index (χ0n) is 11.5. The molecule has 0 amide bonds. The predicted molar refractivity (Wildman–Crippen MR) is 82.4 cm³/mol. The van der Waals surface area contributed by atoms with Crippen molar-refractivity contribution in [3.63, 3.8) is 0 Å². The summed E-state index contributed by atoms with van der Waals surface area (Å²) < 4.78 is 13.0. The molecule has 0 bridgehead atoms. The molecule has 104 valence electrons. The highest BCUT2D eigenvalue weighted by Gasteiger charge is 2.08. The van der Waals surface area contributed by atoms with E-state index in [9.17, 15) is 4.39 Å². The maximum Gasteiger partial charge on any atom is 0.162 e. The monoisotopic (exact) mass is 279 g/mol. The molecule has 0 unspecified atom stereocenters. The molecule has 0 fully saturated rings. The number of anilines is 1. The van der Waals surface area contributed by atoms with Gasteiger partial charge in [-0.05, 0) is 24.3 Å². The molecular weight excluding hydrogens is 265 g/mol. The fourth-order valence-electron chi connectivity index (χ4n) is 2.06. The van der Waals surface area contributed by atoms with Gasteiger partial charge in [-0.1, -0.05) is 30.3 Å². The standard InChI is InChI=1S/C17H14FN3/c1-19-16-11-15(12-5-3-2-4-6-12)20-17(21-16)13-7-9-14(18)10-8-13/h2-11H,1H3,(H,19,20,21). The lowest BCUT2D eigenvalue weighted by Crippen LogP contribution is -1.98. The van der Waals surface area contributed by atoms with E-state index in [2.05, 4.69) is 15.3 Å². The lowest BCUT2D eigenvalue weighted by Gasteiger charge is -2.08. The summed E-state index contributed by atoms with van der Waals surface area (Å²) in [6.07, 6.45) is 0. The van der Waals surface area contributed by atoms with Crippen molar-refractivity contribution >= 4 is 5.82 Å². The number of nitrogens with zero attached hydrogens (tertiary/aromatic N) is 2. The van der Waals surface area contributed by atoms with Crippen LogP contribution in [0.3, 0.4) is 0 Å². The van der Waals surface area contributed by atoms with E-state index in [4.69, 9.17) is 0 Å².